The van der Waals surface area contributed by atoms with Crippen molar-refractivity contribution in [1.82, 2.24) is 5.32 Å². The molecule has 0 aliphatic rings. The lowest BCUT2D eigenvalue weighted by Gasteiger charge is -2.04. The number of hydrogen-bond acceptors (Lipinski definition) is 3. The van der Waals surface area contributed by atoms with E-state index in [9.17, 15) is 4.79 Å². The van der Waals surface area contributed by atoms with Crippen LogP contribution in [0.4, 0.5) is 0 Å². The maximum absolute atomic E-state index is 12.0. The Morgan fingerprint density at radius 2 is 2.10 bits per heavy atom. The van der Waals surface area contributed by atoms with Gasteiger partial charge >= 0.3 is 0 Å². The first kappa shape index (κ1) is 15.0. The number of nitrogens with zero attached hydrogens (tertiary/aromatic N) is 1. The zero-order valence-electron chi connectivity index (χ0n) is 11.8. The molecular formula is C17H16N2OS. The normalized spacial score (nSPS) is 11.0. The molecule has 0 atom stereocenters. The molecule has 1 aromatic carbocycles. The highest BCUT2D eigenvalue weighted by atomic mass is 32.1. The second-order valence-corrected chi connectivity index (χ2v) is 5.58. The summed E-state index contributed by atoms with van der Waals surface area (Å²) in [5.74, 6) is -0.318. The van der Waals surface area contributed by atoms with Crippen LogP contribution in [-0.2, 0) is 11.2 Å². The van der Waals surface area contributed by atoms with Gasteiger partial charge in [0.2, 0.25) is 0 Å². The standard InChI is InChI=1S/C17H16N2OS/c1-13-8-10-21-16(13)11-15(12-18)17(20)19-9-7-14-5-3-2-4-6-14/h2-6,8,10-11H,7,9H2,1H3,(H,19,20)/b15-11-. The van der Waals surface area contributed by atoms with Crippen LogP contribution in [0, 0.1) is 18.3 Å². The van der Waals surface area contributed by atoms with Crippen LogP contribution >= 0.6 is 11.3 Å². The highest BCUT2D eigenvalue weighted by Crippen LogP contribution is 2.18. The monoisotopic (exact) mass is 296 g/mol. The fraction of sp³-hybridized carbons (Fsp3) is 0.176. The molecule has 0 saturated heterocycles. The van der Waals surface area contributed by atoms with Crippen LogP contribution in [0.5, 0.6) is 0 Å². The smallest absolute Gasteiger partial charge is 0.261 e. The minimum atomic E-state index is -0.318. The molecule has 0 saturated carbocycles. The van der Waals surface area contributed by atoms with Gasteiger partial charge in [0.1, 0.15) is 11.6 Å². The molecule has 1 amide bonds. The van der Waals surface area contributed by atoms with Gasteiger partial charge in [-0.3, -0.25) is 4.79 Å². The van der Waals surface area contributed by atoms with Gasteiger partial charge in [0, 0.05) is 11.4 Å². The summed E-state index contributed by atoms with van der Waals surface area (Å²) in [6.07, 6.45) is 2.40. The van der Waals surface area contributed by atoms with E-state index in [1.807, 2.05) is 54.8 Å². The Labute approximate surface area is 128 Å². The molecule has 0 bridgehead atoms. The molecular weight excluding hydrogens is 280 g/mol. The van der Waals surface area contributed by atoms with Gasteiger partial charge in [-0.2, -0.15) is 5.26 Å². The van der Waals surface area contributed by atoms with Crippen LogP contribution in [0.3, 0.4) is 0 Å². The van der Waals surface area contributed by atoms with Crippen molar-refractivity contribution < 1.29 is 4.79 Å². The van der Waals surface area contributed by atoms with Crippen LogP contribution in [0.15, 0.2) is 47.4 Å². The number of nitriles is 1. The zero-order valence-corrected chi connectivity index (χ0v) is 12.6. The third-order valence-corrected chi connectivity index (χ3v) is 4.05. The van der Waals surface area contributed by atoms with Crippen LogP contribution in [-0.4, -0.2) is 12.5 Å². The summed E-state index contributed by atoms with van der Waals surface area (Å²) in [5.41, 5.74) is 2.38. The quantitative estimate of drug-likeness (QED) is 0.679. The predicted molar refractivity (Wildman–Crippen MR) is 85.8 cm³/mol. The Morgan fingerprint density at radius 1 is 1.33 bits per heavy atom. The van der Waals surface area contributed by atoms with Crippen LogP contribution < -0.4 is 5.32 Å². The minimum Gasteiger partial charge on any atom is -0.351 e. The molecule has 106 valence electrons. The van der Waals surface area contributed by atoms with Gasteiger partial charge in [-0.15, -0.1) is 11.3 Å². The van der Waals surface area contributed by atoms with Crippen molar-refractivity contribution in [3.05, 3.63) is 63.4 Å². The molecule has 2 aromatic rings. The summed E-state index contributed by atoms with van der Waals surface area (Å²) in [7, 11) is 0. The molecule has 0 radical (unpaired) electrons. The second kappa shape index (κ2) is 7.41. The molecule has 0 aliphatic heterocycles. The number of carbonyl (C=O) groups excluding carboxylic acids is 1. The number of nitrogens with one attached hydrogen (secondary N) is 1. The number of amides is 1. The van der Waals surface area contributed by atoms with E-state index in [-0.39, 0.29) is 11.5 Å². The van der Waals surface area contributed by atoms with Crippen molar-refractivity contribution in [2.24, 2.45) is 0 Å². The lowest BCUT2D eigenvalue weighted by atomic mass is 10.1. The van der Waals surface area contributed by atoms with Gasteiger partial charge in [0.15, 0.2) is 0 Å². The molecule has 21 heavy (non-hydrogen) atoms. The Kier molecular flexibility index (Phi) is 5.30. The Morgan fingerprint density at radius 3 is 2.71 bits per heavy atom. The van der Waals surface area contributed by atoms with Crippen LogP contribution in [0.25, 0.3) is 6.08 Å². The van der Waals surface area contributed by atoms with Crippen LogP contribution in [0.1, 0.15) is 16.0 Å². The summed E-state index contributed by atoms with van der Waals surface area (Å²) in [5, 5.41) is 13.9. The fourth-order valence-corrected chi connectivity index (χ4v) is 2.73. The molecule has 0 unspecified atom stereocenters. The van der Waals surface area contributed by atoms with E-state index in [2.05, 4.69) is 5.32 Å². The Balaban J connectivity index is 1.94. The summed E-state index contributed by atoms with van der Waals surface area (Å²) >= 11 is 1.52. The molecule has 1 heterocycles. The summed E-state index contributed by atoms with van der Waals surface area (Å²) in [4.78, 5) is 13.0. The lowest BCUT2D eigenvalue weighted by molar-refractivity contribution is -0.117. The second-order valence-electron chi connectivity index (χ2n) is 4.63. The Hall–Kier alpha value is -2.38. The van der Waals surface area contributed by atoms with Gasteiger partial charge in [0.25, 0.3) is 5.91 Å². The molecule has 4 heteroatoms. The van der Waals surface area contributed by atoms with Gasteiger partial charge in [-0.05, 0) is 42.0 Å². The first-order chi connectivity index (χ1) is 10.2. The summed E-state index contributed by atoms with van der Waals surface area (Å²) < 4.78 is 0. The van der Waals surface area contributed by atoms with E-state index in [0.29, 0.717) is 6.54 Å². The number of thiophene rings is 1. The molecule has 2 rings (SSSR count). The van der Waals surface area contributed by atoms with Gasteiger partial charge in [-0.1, -0.05) is 30.3 Å². The fourth-order valence-electron chi connectivity index (χ4n) is 1.87. The van der Waals surface area contributed by atoms with E-state index in [1.165, 1.54) is 11.3 Å². The van der Waals surface area contributed by atoms with Crippen LogP contribution in [0.2, 0.25) is 0 Å². The maximum atomic E-state index is 12.0. The number of aryl methyl sites for hydroxylation is 1. The SMILES string of the molecule is Cc1ccsc1/C=C(/C#N)C(=O)NCCc1ccccc1. The molecule has 1 aromatic heterocycles. The highest BCUT2D eigenvalue weighted by molar-refractivity contribution is 7.11. The maximum Gasteiger partial charge on any atom is 0.261 e. The third kappa shape index (κ3) is 4.30. The average molecular weight is 296 g/mol. The van der Waals surface area contributed by atoms with E-state index >= 15 is 0 Å². The van der Waals surface area contributed by atoms with Crippen molar-refractivity contribution >= 4 is 23.3 Å². The number of benzene rings is 1. The van der Waals surface area contributed by atoms with E-state index in [1.54, 1.807) is 6.08 Å². The molecule has 0 aliphatic carbocycles. The third-order valence-electron chi connectivity index (χ3n) is 3.08. The summed E-state index contributed by atoms with van der Waals surface area (Å²) in [6, 6.07) is 13.9. The van der Waals surface area contributed by atoms with E-state index in [4.69, 9.17) is 5.26 Å². The molecule has 1 N–H and O–H groups in total. The first-order valence-corrected chi connectivity index (χ1v) is 7.56. The van der Waals surface area contributed by atoms with Crippen molar-refractivity contribution in [1.29, 1.82) is 5.26 Å². The number of rotatable bonds is 5. The van der Waals surface area contributed by atoms with E-state index in [0.717, 1.165) is 22.4 Å². The van der Waals surface area contributed by atoms with Gasteiger partial charge in [0.05, 0.1) is 0 Å². The van der Waals surface area contributed by atoms with Crippen molar-refractivity contribution in [3.8, 4) is 6.07 Å². The summed E-state index contributed by atoms with van der Waals surface area (Å²) in [6.45, 7) is 2.48. The largest absolute Gasteiger partial charge is 0.351 e. The van der Waals surface area contributed by atoms with Crippen molar-refractivity contribution in [2.75, 3.05) is 6.54 Å². The Bertz CT molecular complexity index is 680. The molecule has 0 fully saturated rings. The first-order valence-electron chi connectivity index (χ1n) is 6.68. The van der Waals surface area contributed by atoms with Crippen molar-refractivity contribution in [3.63, 3.8) is 0 Å². The number of carbonyl (C=O) groups is 1. The lowest BCUT2D eigenvalue weighted by Crippen LogP contribution is -2.26. The topological polar surface area (TPSA) is 52.9 Å². The van der Waals surface area contributed by atoms with Gasteiger partial charge in [-0.25, -0.2) is 0 Å². The predicted octanol–water partition coefficient (Wildman–Crippen LogP) is 3.32. The number of hydrogen-bond donors (Lipinski definition) is 1. The molecule has 0 spiro atoms. The highest BCUT2D eigenvalue weighted by Gasteiger charge is 2.09. The zero-order chi connectivity index (χ0) is 15.1. The average Bonchev–Trinajstić information content (AvgIpc) is 2.91. The van der Waals surface area contributed by atoms with Gasteiger partial charge < -0.3 is 5.32 Å². The van der Waals surface area contributed by atoms with Crippen molar-refractivity contribution in [2.45, 2.75) is 13.3 Å². The van der Waals surface area contributed by atoms with E-state index < -0.39 is 0 Å². The molecule has 3 nitrogen and oxygen atoms in total. The minimum absolute atomic E-state index is 0.147.